The normalized spacial score (nSPS) is 18.9. The molecular formula is C9H8ClNO2S. The first-order valence-corrected chi connectivity index (χ1v) is 5.49. The van der Waals surface area contributed by atoms with Gasteiger partial charge in [0.1, 0.15) is 15.9 Å². The second kappa shape index (κ2) is 3.79. The molecule has 0 amide bonds. The molecule has 1 aromatic heterocycles. The Morgan fingerprint density at radius 1 is 1.36 bits per heavy atom. The second-order valence-electron chi connectivity index (χ2n) is 3.36. The van der Waals surface area contributed by atoms with E-state index in [1.807, 2.05) is 0 Å². The molecule has 3 nitrogen and oxygen atoms in total. The summed E-state index contributed by atoms with van der Waals surface area (Å²) in [7, 11) is 0. The summed E-state index contributed by atoms with van der Waals surface area (Å²) >= 11 is 7.09. The molecule has 0 aliphatic heterocycles. The Balaban J connectivity index is 2.18. The summed E-state index contributed by atoms with van der Waals surface area (Å²) in [5.74, 6) is -0.0172. The number of carbonyl (C=O) groups is 2. The average Bonchev–Trinajstić information content (AvgIpc) is 2.50. The standard InChI is InChI=1S/C9H8ClNO2S/c10-8-4-11-9(14-8)5-1-6(12)3-7(13)2-5/h4-5H,1-3H2. The van der Waals surface area contributed by atoms with Crippen molar-refractivity contribution in [3.8, 4) is 0 Å². The number of carbonyl (C=O) groups excluding carboxylic acids is 2. The number of Topliss-reactive ketones (excluding diaryl/α,β-unsaturated/α-hetero) is 2. The molecule has 1 aromatic rings. The predicted molar refractivity (Wildman–Crippen MR) is 53.7 cm³/mol. The zero-order chi connectivity index (χ0) is 10.1. The van der Waals surface area contributed by atoms with E-state index < -0.39 is 0 Å². The molecule has 0 unspecified atom stereocenters. The summed E-state index contributed by atoms with van der Waals surface area (Å²) in [6.07, 6.45) is 2.51. The predicted octanol–water partition coefficient (Wildman–Crippen LogP) is 2.20. The highest BCUT2D eigenvalue weighted by atomic mass is 35.5. The molecule has 0 atom stereocenters. The SMILES string of the molecule is O=C1CC(=O)CC(c2ncc(Cl)s2)C1. The van der Waals surface area contributed by atoms with Crippen LogP contribution < -0.4 is 0 Å². The highest BCUT2D eigenvalue weighted by Crippen LogP contribution is 2.33. The summed E-state index contributed by atoms with van der Waals surface area (Å²) in [4.78, 5) is 26.5. The van der Waals surface area contributed by atoms with Gasteiger partial charge in [-0.1, -0.05) is 11.6 Å². The molecule has 1 heterocycles. The van der Waals surface area contributed by atoms with Crippen molar-refractivity contribution in [1.82, 2.24) is 4.98 Å². The Bertz CT molecular complexity index is 372. The van der Waals surface area contributed by atoms with Crippen LogP contribution in [-0.2, 0) is 9.59 Å². The van der Waals surface area contributed by atoms with Gasteiger partial charge in [-0.25, -0.2) is 4.98 Å². The number of hydrogen-bond donors (Lipinski definition) is 0. The third kappa shape index (κ3) is 2.01. The van der Waals surface area contributed by atoms with Crippen molar-refractivity contribution in [2.45, 2.75) is 25.2 Å². The first kappa shape index (κ1) is 9.80. The van der Waals surface area contributed by atoms with Crippen molar-refractivity contribution in [2.75, 3.05) is 0 Å². The van der Waals surface area contributed by atoms with Gasteiger partial charge in [0.15, 0.2) is 0 Å². The van der Waals surface area contributed by atoms with Crippen molar-refractivity contribution >= 4 is 34.5 Å². The molecule has 1 aliphatic rings. The van der Waals surface area contributed by atoms with Crippen LogP contribution in [0.1, 0.15) is 30.2 Å². The zero-order valence-electron chi connectivity index (χ0n) is 7.33. The van der Waals surface area contributed by atoms with E-state index in [9.17, 15) is 9.59 Å². The van der Waals surface area contributed by atoms with Gasteiger partial charge in [-0.2, -0.15) is 0 Å². The second-order valence-corrected chi connectivity index (χ2v) is 5.06. The van der Waals surface area contributed by atoms with Gasteiger partial charge in [-0.3, -0.25) is 9.59 Å². The summed E-state index contributed by atoms with van der Waals surface area (Å²) in [5, 5.41) is 0.802. The average molecular weight is 230 g/mol. The van der Waals surface area contributed by atoms with E-state index in [0.717, 1.165) is 5.01 Å². The van der Waals surface area contributed by atoms with E-state index in [1.54, 1.807) is 6.20 Å². The maximum absolute atomic E-state index is 11.2. The van der Waals surface area contributed by atoms with Crippen LogP contribution in [0.2, 0.25) is 4.34 Å². The molecule has 0 saturated heterocycles. The third-order valence-electron chi connectivity index (χ3n) is 2.19. The van der Waals surface area contributed by atoms with E-state index in [0.29, 0.717) is 17.2 Å². The van der Waals surface area contributed by atoms with Crippen molar-refractivity contribution in [3.05, 3.63) is 15.5 Å². The number of rotatable bonds is 1. The van der Waals surface area contributed by atoms with Crippen LogP contribution in [0.5, 0.6) is 0 Å². The largest absolute Gasteiger partial charge is 0.299 e. The third-order valence-corrected chi connectivity index (χ3v) is 3.46. The van der Waals surface area contributed by atoms with Crippen LogP contribution >= 0.6 is 22.9 Å². The zero-order valence-corrected chi connectivity index (χ0v) is 8.90. The topological polar surface area (TPSA) is 47.0 Å². The summed E-state index contributed by atoms with van der Waals surface area (Å²) < 4.78 is 0.602. The number of thiazole rings is 1. The van der Waals surface area contributed by atoms with E-state index >= 15 is 0 Å². The molecule has 1 saturated carbocycles. The Morgan fingerprint density at radius 3 is 2.50 bits per heavy atom. The molecule has 0 aromatic carbocycles. The maximum atomic E-state index is 11.2. The first-order valence-electron chi connectivity index (χ1n) is 4.30. The monoisotopic (exact) mass is 229 g/mol. The van der Waals surface area contributed by atoms with E-state index in [2.05, 4.69) is 4.98 Å². The molecule has 0 spiro atoms. The molecule has 5 heteroatoms. The van der Waals surface area contributed by atoms with Gasteiger partial charge in [0.25, 0.3) is 0 Å². The van der Waals surface area contributed by atoms with Gasteiger partial charge in [-0.15, -0.1) is 11.3 Å². The van der Waals surface area contributed by atoms with Crippen LogP contribution in [-0.4, -0.2) is 16.6 Å². The van der Waals surface area contributed by atoms with Crippen molar-refractivity contribution in [1.29, 1.82) is 0 Å². The highest BCUT2D eigenvalue weighted by molar-refractivity contribution is 7.15. The van der Waals surface area contributed by atoms with Gasteiger partial charge in [0.05, 0.1) is 17.6 Å². The minimum atomic E-state index is -0.0405. The van der Waals surface area contributed by atoms with Crippen LogP contribution in [0.4, 0.5) is 0 Å². The molecular weight excluding hydrogens is 222 g/mol. The van der Waals surface area contributed by atoms with E-state index in [-0.39, 0.29) is 23.9 Å². The fourth-order valence-corrected chi connectivity index (χ4v) is 2.65. The first-order chi connectivity index (χ1) is 6.65. The Morgan fingerprint density at radius 2 is 2.00 bits per heavy atom. The number of aromatic nitrogens is 1. The Hall–Kier alpha value is -0.740. The molecule has 0 N–H and O–H groups in total. The number of hydrogen-bond acceptors (Lipinski definition) is 4. The van der Waals surface area contributed by atoms with Crippen molar-refractivity contribution in [3.63, 3.8) is 0 Å². The van der Waals surface area contributed by atoms with Crippen molar-refractivity contribution in [2.24, 2.45) is 0 Å². The fourth-order valence-electron chi connectivity index (χ4n) is 1.62. The molecule has 1 aliphatic carbocycles. The maximum Gasteiger partial charge on any atom is 0.140 e. The fraction of sp³-hybridized carbons (Fsp3) is 0.444. The number of nitrogens with zero attached hydrogens (tertiary/aromatic N) is 1. The van der Waals surface area contributed by atoms with Gasteiger partial charge < -0.3 is 0 Å². The van der Waals surface area contributed by atoms with Gasteiger partial charge in [0, 0.05) is 18.8 Å². The number of halogens is 1. The summed E-state index contributed by atoms with van der Waals surface area (Å²) in [6.45, 7) is 0. The lowest BCUT2D eigenvalue weighted by Gasteiger charge is -2.17. The van der Waals surface area contributed by atoms with Crippen LogP contribution in [0.15, 0.2) is 6.20 Å². The quantitative estimate of drug-likeness (QED) is 0.694. The Labute approximate surface area is 90.1 Å². The lowest BCUT2D eigenvalue weighted by atomic mass is 9.88. The number of ketones is 2. The van der Waals surface area contributed by atoms with Crippen LogP contribution in [0.25, 0.3) is 0 Å². The molecule has 2 rings (SSSR count). The van der Waals surface area contributed by atoms with Gasteiger partial charge >= 0.3 is 0 Å². The van der Waals surface area contributed by atoms with E-state index in [1.165, 1.54) is 11.3 Å². The van der Waals surface area contributed by atoms with Crippen LogP contribution in [0, 0.1) is 0 Å². The van der Waals surface area contributed by atoms with Gasteiger partial charge in [0.2, 0.25) is 0 Å². The molecule has 14 heavy (non-hydrogen) atoms. The lowest BCUT2D eigenvalue weighted by Crippen LogP contribution is -2.21. The smallest absolute Gasteiger partial charge is 0.140 e. The van der Waals surface area contributed by atoms with Crippen LogP contribution in [0.3, 0.4) is 0 Å². The van der Waals surface area contributed by atoms with E-state index in [4.69, 9.17) is 11.6 Å². The minimum Gasteiger partial charge on any atom is -0.299 e. The Kier molecular flexibility index (Phi) is 2.65. The minimum absolute atomic E-state index is 0.0116. The molecule has 1 fully saturated rings. The lowest BCUT2D eigenvalue weighted by molar-refractivity contribution is -0.130. The molecule has 0 radical (unpaired) electrons. The highest BCUT2D eigenvalue weighted by Gasteiger charge is 2.28. The molecule has 0 bridgehead atoms. The summed E-state index contributed by atoms with van der Waals surface area (Å²) in [6, 6.07) is 0. The van der Waals surface area contributed by atoms with Crippen molar-refractivity contribution < 1.29 is 9.59 Å². The van der Waals surface area contributed by atoms with Gasteiger partial charge in [-0.05, 0) is 0 Å². The molecule has 74 valence electrons. The summed E-state index contributed by atoms with van der Waals surface area (Å²) in [5.41, 5.74) is 0.